The molecule has 0 aromatic heterocycles. The number of phenols is 1. The Morgan fingerprint density at radius 2 is 1.92 bits per heavy atom. The number of ether oxygens (including phenoxy) is 1. The highest BCUT2D eigenvalue weighted by molar-refractivity contribution is 5.70. The van der Waals surface area contributed by atoms with E-state index in [2.05, 4.69) is 6.58 Å². The van der Waals surface area contributed by atoms with Gasteiger partial charge in [0, 0.05) is 19.4 Å². The van der Waals surface area contributed by atoms with Crippen molar-refractivity contribution in [3.8, 4) is 5.75 Å². The number of carbonyl (C=O) groups is 1. The van der Waals surface area contributed by atoms with Crippen LogP contribution in [0.3, 0.4) is 0 Å². The number of benzene rings is 2. The molecule has 1 aliphatic heterocycles. The molecule has 0 radical (unpaired) electrons. The minimum Gasteiger partial charge on any atom is -0.508 e. The Morgan fingerprint density at radius 3 is 2.50 bits per heavy atom. The van der Waals surface area contributed by atoms with E-state index in [1.165, 1.54) is 12.1 Å². The minimum atomic E-state index is -0.822. The molecule has 3 rings (SSSR count). The maximum absolute atomic E-state index is 13.3. The summed E-state index contributed by atoms with van der Waals surface area (Å²) in [5, 5.41) is 9.43. The summed E-state index contributed by atoms with van der Waals surface area (Å²) in [5.41, 5.74) is 0.861. The molecule has 0 bridgehead atoms. The fraction of sp³-hybridized carbons (Fsp3) is 0.286. The molecule has 2 aromatic carbocycles. The molecule has 26 heavy (non-hydrogen) atoms. The standard InChI is InChI=1S/C21H22FNO3/c1-3-12-21(17-6-8-18(22)9-7-17)13-14-23(20(25)26-21)15(2)16-4-10-19(24)11-5-16/h3-11,15,24H,1,12-14H2,2H3/t15-,21?/m0/s1. The average molecular weight is 355 g/mol. The van der Waals surface area contributed by atoms with E-state index in [1.54, 1.807) is 47.4 Å². The number of hydrogen-bond donors (Lipinski definition) is 1. The second-order valence-electron chi connectivity index (χ2n) is 6.57. The summed E-state index contributed by atoms with van der Waals surface area (Å²) < 4.78 is 19.1. The highest BCUT2D eigenvalue weighted by Crippen LogP contribution is 2.39. The topological polar surface area (TPSA) is 49.8 Å². The van der Waals surface area contributed by atoms with Gasteiger partial charge in [0.2, 0.25) is 0 Å². The van der Waals surface area contributed by atoms with E-state index in [4.69, 9.17) is 4.74 Å². The Hall–Kier alpha value is -2.82. The van der Waals surface area contributed by atoms with Crippen LogP contribution in [0.5, 0.6) is 5.75 Å². The van der Waals surface area contributed by atoms with E-state index >= 15 is 0 Å². The van der Waals surface area contributed by atoms with E-state index in [1.807, 2.05) is 6.92 Å². The third-order valence-corrected chi connectivity index (χ3v) is 4.96. The number of phenolic OH excluding ortho intramolecular Hbond substituents is 1. The van der Waals surface area contributed by atoms with Crippen LogP contribution in [0.2, 0.25) is 0 Å². The second-order valence-corrected chi connectivity index (χ2v) is 6.57. The summed E-state index contributed by atoms with van der Waals surface area (Å²) >= 11 is 0. The summed E-state index contributed by atoms with van der Waals surface area (Å²) in [6.45, 7) is 6.20. The SMILES string of the molecule is C=CCC1(c2ccc(F)cc2)CCN([C@@H](C)c2ccc(O)cc2)C(=O)O1. The van der Waals surface area contributed by atoms with Crippen molar-refractivity contribution in [1.29, 1.82) is 0 Å². The van der Waals surface area contributed by atoms with Crippen molar-refractivity contribution in [3.05, 3.63) is 78.1 Å². The van der Waals surface area contributed by atoms with E-state index < -0.39 is 11.7 Å². The minimum absolute atomic E-state index is 0.182. The number of cyclic esters (lactones) is 1. The fourth-order valence-electron chi connectivity index (χ4n) is 3.41. The van der Waals surface area contributed by atoms with Crippen LogP contribution >= 0.6 is 0 Å². The predicted molar refractivity (Wildman–Crippen MR) is 97.2 cm³/mol. The van der Waals surface area contributed by atoms with Gasteiger partial charge in [-0.25, -0.2) is 9.18 Å². The van der Waals surface area contributed by atoms with Gasteiger partial charge in [-0.3, -0.25) is 0 Å². The third-order valence-electron chi connectivity index (χ3n) is 4.96. The van der Waals surface area contributed by atoms with Crippen LogP contribution in [0, 0.1) is 5.82 Å². The van der Waals surface area contributed by atoms with Crippen LogP contribution in [0.4, 0.5) is 9.18 Å². The predicted octanol–water partition coefficient (Wildman–Crippen LogP) is 4.91. The molecule has 136 valence electrons. The normalized spacial score (nSPS) is 21.2. The lowest BCUT2D eigenvalue weighted by molar-refractivity contribution is -0.0588. The van der Waals surface area contributed by atoms with Crippen molar-refractivity contribution in [3.63, 3.8) is 0 Å². The second kappa shape index (κ2) is 7.20. The summed E-state index contributed by atoms with van der Waals surface area (Å²) in [5.74, 6) is -0.143. The largest absolute Gasteiger partial charge is 0.508 e. The van der Waals surface area contributed by atoms with Crippen LogP contribution in [0.1, 0.15) is 36.9 Å². The lowest BCUT2D eigenvalue weighted by atomic mass is 9.85. The molecule has 2 aromatic rings. The molecular formula is C21H22FNO3. The van der Waals surface area contributed by atoms with E-state index in [0.29, 0.717) is 19.4 Å². The van der Waals surface area contributed by atoms with Crippen LogP contribution < -0.4 is 0 Å². The molecule has 4 nitrogen and oxygen atoms in total. The van der Waals surface area contributed by atoms with Crippen LogP contribution in [0.15, 0.2) is 61.2 Å². The number of carbonyl (C=O) groups excluding carboxylic acids is 1. The van der Waals surface area contributed by atoms with Gasteiger partial charge in [0.1, 0.15) is 17.2 Å². The van der Waals surface area contributed by atoms with Gasteiger partial charge >= 0.3 is 6.09 Å². The average Bonchev–Trinajstić information content (AvgIpc) is 2.63. The molecule has 5 heteroatoms. The Kier molecular flexibility index (Phi) is 4.98. The van der Waals surface area contributed by atoms with Gasteiger partial charge in [0.05, 0.1) is 6.04 Å². The Balaban J connectivity index is 1.83. The molecule has 0 saturated carbocycles. The molecular weight excluding hydrogens is 333 g/mol. The number of amides is 1. The summed E-state index contributed by atoms with van der Waals surface area (Å²) in [7, 11) is 0. The zero-order chi connectivity index (χ0) is 18.7. The number of rotatable bonds is 5. The van der Waals surface area contributed by atoms with Gasteiger partial charge in [-0.15, -0.1) is 6.58 Å². The van der Waals surface area contributed by atoms with E-state index in [0.717, 1.165) is 11.1 Å². The lowest BCUT2D eigenvalue weighted by Crippen LogP contribution is -2.48. The van der Waals surface area contributed by atoms with Crippen molar-refractivity contribution in [1.82, 2.24) is 4.90 Å². The Labute approximate surface area is 152 Å². The molecule has 1 fully saturated rings. The van der Waals surface area contributed by atoms with Crippen molar-refractivity contribution in [2.45, 2.75) is 31.4 Å². The van der Waals surface area contributed by atoms with Crippen LogP contribution in [-0.2, 0) is 10.3 Å². The Bertz CT molecular complexity index is 788. The van der Waals surface area contributed by atoms with Crippen molar-refractivity contribution in [2.24, 2.45) is 0 Å². The summed E-state index contributed by atoms with van der Waals surface area (Å²) in [6, 6.07) is 12.7. The highest BCUT2D eigenvalue weighted by atomic mass is 19.1. The van der Waals surface area contributed by atoms with Gasteiger partial charge in [0.25, 0.3) is 0 Å². The molecule has 1 aliphatic rings. The summed E-state index contributed by atoms with van der Waals surface area (Å²) in [4.78, 5) is 14.4. The molecule has 2 atom stereocenters. The molecule has 1 N–H and O–H groups in total. The number of hydrogen-bond acceptors (Lipinski definition) is 3. The zero-order valence-corrected chi connectivity index (χ0v) is 14.7. The van der Waals surface area contributed by atoms with Gasteiger partial charge in [-0.1, -0.05) is 30.3 Å². The van der Waals surface area contributed by atoms with E-state index in [9.17, 15) is 14.3 Å². The first-order chi connectivity index (χ1) is 12.4. The molecule has 1 saturated heterocycles. The maximum atomic E-state index is 13.3. The first-order valence-electron chi connectivity index (χ1n) is 8.61. The smallest absolute Gasteiger partial charge is 0.411 e. The molecule has 1 amide bonds. The fourth-order valence-corrected chi connectivity index (χ4v) is 3.41. The Morgan fingerprint density at radius 1 is 1.27 bits per heavy atom. The van der Waals surface area contributed by atoms with Gasteiger partial charge in [0.15, 0.2) is 0 Å². The third kappa shape index (κ3) is 3.43. The first kappa shape index (κ1) is 18.0. The lowest BCUT2D eigenvalue weighted by Gasteiger charge is -2.43. The molecule has 0 spiro atoms. The van der Waals surface area contributed by atoms with Gasteiger partial charge < -0.3 is 14.7 Å². The molecule has 1 unspecified atom stereocenters. The quantitative estimate of drug-likeness (QED) is 0.776. The summed E-state index contributed by atoms with van der Waals surface area (Å²) in [6.07, 6.45) is 2.35. The van der Waals surface area contributed by atoms with Gasteiger partial charge in [-0.2, -0.15) is 0 Å². The number of halogens is 1. The van der Waals surface area contributed by atoms with Crippen molar-refractivity contribution < 1.29 is 19.0 Å². The molecule has 1 heterocycles. The van der Waals surface area contributed by atoms with Crippen LogP contribution in [-0.4, -0.2) is 22.6 Å². The first-order valence-corrected chi connectivity index (χ1v) is 8.61. The zero-order valence-electron chi connectivity index (χ0n) is 14.7. The van der Waals surface area contributed by atoms with Crippen molar-refractivity contribution >= 4 is 6.09 Å². The van der Waals surface area contributed by atoms with Crippen molar-refractivity contribution in [2.75, 3.05) is 6.54 Å². The molecule has 0 aliphatic carbocycles. The number of nitrogens with zero attached hydrogens (tertiary/aromatic N) is 1. The monoisotopic (exact) mass is 355 g/mol. The van der Waals surface area contributed by atoms with E-state index in [-0.39, 0.29) is 17.6 Å². The van der Waals surface area contributed by atoms with Gasteiger partial charge in [-0.05, 0) is 42.3 Å². The number of aromatic hydroxyl groups is 1. The van der Waals surface area contributed by atoms with Crippen LogP contribution in [0.25, 0.3) is 0 Å². The highest BCUT2D eigenvalue weighted by Gasteiger charge is 2.42. The maximum Gasteiger partial charge on any atom is 0.411 e.